The minimum atomic E-state index is -0.743. The van der Waals surface area contributed by atoms with Gasteiger partial charge in [-0.25, -0.2) is 4.79 Å². The Kier molecular flexibility index (Phi) is 9.19. The van der Waals surface area contributed by atoms with E-state index in [1.54, 1.807) is 6.08 Å². The van der Waals surface area contributed by atoms with E-state index in [4.69, 9.17) is 4.74 Å². The van der Waals surface area contributed by atoms with E-state index < -0.39 is 7.92 Å². The Balaban J connectivity index is 2.07. The summed E-state index contributed by atoms with van der Waals surface area (Å²) >= 11 is 0. The van der Waals surface area contributed by atoms with Gasteiger partial charge < -0.3 is 4.74 Å². The number of allylic oxidation sites excluding steroid dienone is 4. The first-order valence-corrected chi connectivity index (χ1v) is 13.0. The maximum atomic E-state index is 12.4. The molecule has 0 aliphatic heterocycles. The van der Waals surface area contributed by atoms with Gasteiger partial charge in [0.1, 0.15) is 0 Å². The highest BCUT2D eigenvalue weighted by molar-refractivity contribution is 7.79. The second-order valence-electron chi connectivity index (χ2n) is 8.64. The van der Waals surface area contributed by atoms with Crippen LogP contribution in [0.4, 0.5) is 0 Å². The summed E-state index contributed by atoms with van der Waals surface area (Å²) in [7, 11) is -0.743. The summed E-state index contributed by atoms with van der Waals surface area (Å²) in [5.74, 6) is -0.315. The van der Waals surface area contributed by atoms with E-state index in [1.165, 1.54) is 21.5 Å². The Morgan fingerprint density at radius 2 is 1.47 bits per heavy atom. The van der Waals surface area contributed by atoms with Gasteiger partial charge in [-0.2, -0.15) is 0 Å². The molecule has 0 saturated heterocycles. The van der Waals surface area contributed by atoms with E-state index >= 15 is 0 Å². The highest BCUT2D eigenvalue weighted by Gasteiger charge is 2.19. The quantitative estimate of drug-likeness (QED) is 0.116. The van der Waals surface area contributed by atoms with Gasteiger partial charge in [-0.3, -0.25) is 0 Å². The molecule has 0 unspecified atom stereocenters. The summed E-state index contributed by atoms with van der Waals surface area (Å²) in [4.78, 5) is 12.4. The standard InChI is InChI=1S/C31H33O2P/c1-5-31(3,4)22-21-25(24-30(32)33-6-2)23-26-15-13-14-20-29(26)34(27-16-9-7-10-17-27)28-18-11-8-12-19-28/h5,7-22,24H,1,6,23H2,2-4H3/b22-21+,25-24+. The third-order valence-electron chi connectivity index (χ3n) is 5.50. The number of rotatable bonds is 10. The number of hydrogen-bond acceptors (Lipinski definition) is 2. The molecule has 0 radical (unpaired) electrons. The summed E-state index contributed by atoms with van der Waals surface area (Å²) in [5.41, 5.74) is 1.95. The highest BCUT2D eigenvalue weighted by Crippen LogP contribution is 2.34. The number of esters is 1. The molecule has 0 saturated carbocycles. The van der Waals surface area contributed by atoms with Gasteiger partial charge in [0, 0.05) is 11.5 Å². The topological polar surface area (TPSA) is 26.3 Å². The van der Waals surface area contributed by atoms with Crippen molar-refractivity contribution in [1.82, 2.24) is 0 Å². The number of hydrogen-bond donors (Lipinski definition) is 0. The van der Waals surface area contributed by atoms with E-state index in [0.717, 1.165) is 5.57 Å². The molecule has 0 fully saturated rings. The van der Waals surface area contributed by atoms with E-state index in [9.17, 15) is 4.79 Å². The molecular weight excluding hydrogens is 435 g/mol. The smallest absolute Gasteiger partial charge is 0.331 e. The zero-order chi connectivity index (χ0) is 24.4. The molecule has 0 aromatic heterocycles. The monoisotopic (exact) mass is 468 g/mol. The summed E-state index contributed by atoms with van der Waals surface area (Å²) in [6, 6.07) is 29.9. The molecule has 174 valence electrons. The van der Waals surface area contributed by atoms with Crippen LogP contribution in [0, 0.1) is 5.41 Å². The van der Waals surface area contributed by atoms with Crippen molar-refractivity contribution in [2.45, 2.75) is 27.2 Å². The SMILES string of the molecule is C=CC(C)(C)/C=C/C(=C\C(=O)OCC)Cc1ccccc1P(c1ccccc1)c1ccccc1. The third kappa shape index (κ3) is 7.14. The summed E-state index contributed by atoms with van der Waals surface area (Å²) < 4.78 is 5.22. The van der Waals surface area contributed by atoms with Crippen LogP contribution in [0.25, 0.3) is 0 Å². The maximum absolute atomic E-state index is 12.4. The van der Waals surface area contributed by atoms with Crippen LogP contribution >= 0.6 is 7.92 Å². The maximum Gasteiger partial charge on any atom is 0.331 e. The van der Waals surface area contributed by atoms with Gasteiger partial charge in [-0.1, -0.05) is 117 Å². The molecule has 0 bridgehead atoms. The second-order valence-corrected chi connectivity index (χ2v) is 10.8. The van der Waals surface area contributed by atoms with Gasteiger partial charge in [-0.15, -0.1) is 6.58 Å². The number of ether oxygens (including phenoxy) is 1. The minimum Gasteiger partial charge on any atom is -0.463 e. The van der Waals surface area contributed by atoms with E-state index in [1.807, 2.05) is 19.1 Å². The molecule has 3 aromatic rings. The molecule has 0 aliphatic rings. The first kappa shape index (κ1) is 25.4. The minimum absolute atomic E-state index is 0.173. The molecule has 0 amide bonds. The lowest BCUT2D eigenvalue weighted by Crippen LogP contribution is -2.23. The van der Waals surface area contributed by atoms with Crippen LogP contribution < -0.4 is 15.9 Å². The number of carbonyl (C=O) groups excluding carboxylic acids is 1. The molecule has 3 rings (SSSR count). The fourth-order valence-corrected chi connectivity index (χ4v) is 6.03. The molecule has 0 heterocycles. The van der Waals surface area contributed by atoms with Gasteiger partial charge in [0.15, 0.2) is 0 Å². The van der Waals surface area contributed by atoms with Crippen LogP contribution in [-0.4, -0.2) is 12.6 Å². The molecular formula is C31H33O2P. The lowest BCUT2D eigenvalue weighted by molar-refractivity contribution is -0.137. The van der Waals surface area contributed by atoms with Gasteiger partial charge in [-0.05, 0) is 48.3 Å². The zero-order valence-electron chi connectivity index (χ0n) is 20.3. The molecule has 0 atom stereocenters. The van der Waals surface area contributed by atoms with Crippen LogP contribution in [0.2, 0.25) is 0 Å². The fourth-order valence-electron chi connectivity index (χ4n) is 3.56. The Labute approximate surface area is 205 Å². The molecule has 0 aliphatic carbocycles. The van der Waals surface area contributed by atoms with Crippen molar-refractivity contribution in [2.75, 3.05) is 6.61 Å². The second kappa shape index (κ2) is 12.3. The summed E-state index contributed by atoms with van der Waals surface area (Å²) in [5, 5.41) is 3.90. The number of carbonyl (C=O) groups is 1. The predicted molar refractivity (Wildman–Crippen MR) is 147 cm³/mol. The van der Waals surface area contributed by atoms with Crippen LogP contribution in [0.5, 0.6) is 0 Å². The lowest BCUT2D eigenvalue weighted by Gasteiger charge is -2.22. The predicted octanol–water partition coefficient (Wildman–Crippen LogP) is 6.25. The third-order valence-corrected chi connectivity index (χ3v) is 8.05. The van der Waals surface area contributed by atoms with Crippen LogP contribution in [0.1, 0.15) is 26.3 Å². The average molecular weight is 469 g/mol. The first-order chi connectivity index (χ1) is 16.4. The average Bonchev–Trinajstić information content (AvgIpc) is 2.85. The summed E-state index contributed by atoms with van der Waals surface area (Å²) in [6.07, 6.45) is 8.28. The Morgan fingerprint density at radius 3 is 2.03 bits per heavy atom. The molecule has 34 heavy (non-hydrogen) atoms. The van der Waals surface area contributed by atoms with E-state index in [2.05, 4.69) is 111 Å². The Hall–Kier alpha value is -3.22. The Morgan fingerprint density at radius 1 is 0.912 bits per heavy atom. The lowest BCUT2D eigenvalue weighted by atomic mass is 9.91. The van der Waals surface area contributed by atoms with Crippen LogP contribution in [-0.2, 0) is 16.0 Å². The molecule has 0 spiro atoms. The van der Waals surface area contributed by atoms with Gasteiger partial charge in [0.2, 0.25) is 0 Å². The van der Waals surface area contributed by atoms with E-state index in [-0.39, 0.29) is 11.4 Å². The molecule has 0 N–H and O–H groups in total. The summed E-state index contributed by atoms with van der Waals surface area (Å²) in [6.45, 7) is 10.3. The largest absolute Gasteiger partial charge is 0.463 e. The van der Waals surface area contributed by atoms with Gasteiger partial charge >= 0.3 is 5.97 Å². The fraction of sp³-hybridized carbons (Fsp3) is 0.194. The van der Waals surface area contributed by atoms with Crippen molar-refractivity contribution in [1.29, 1.82) is 0 Å². The molecule has 3 heteroatoms. The first-order valence-electron chi connectivity index (χ1n) is 11.6. The molecule has 3 aromatic carbocycles. The highest BCUT2D eigenvalue weighted by atomic mass is 31.1. The van der Waals surface area contributed by atoms with Crippen molar-refractivity contribution in [3.63, 3.8) is 0 Å². The van der Waals surface area contributed by atoms with Crippen molar-refractivity contribution < 1.29 is 9.53 Å². The van der Waals surface area contributed by atoms with Crippen LogP contribution in [0.15, 0.2) is 121 Å². The normalized spacial score (nSPS) is 12.2. The van der Waals surface area contributed by atoms with Gasteiger partial charge in [0.05, 0.1) is 6.61 Å². The van der Waals surface area contributed by atoms with Crippen molar-refractivity contribution in [2.24, 2.45) is 5.41 Å². The zero-order valence-corrected chi connectivity index (χ0v) is 21.2. The Bertz CT molecular complexity index is 1100. The van der Waals surface area contributed by atoms with Crippen molar-refractivity contribution >= 4 is 29.8 Å². The molecule has 2 nitrogen and oxygen atoms in total. The van der Waals surface area contributed by atoms with Crippen molar-refractivity contribution in [3.05, 3.63) is 127 Å². The van der Waals surface area contributed by atoms with Gasteiger partial charge in [0.25, 0.3) is 0 Å². The van der Waals surface area contributed by atoms with Crippen molar-refractivity contribution in [3.8, 4) is 0 Å². The van der Waals surface area contributed by atoms with Crippen LogP contribution in [0.3, 0.4) is 0 Å². The number of benzene rings is 3. The van der Waals surface area contributed by atoms with E-state index in [0.29, 0.717) is 13.0 Å².